The molecule has 3 heterocycles. The van der Waals surface area contributed by atoms with Gasteiger partial charge in [0.15, 0.2) is 11.5 Å². The number of aromatic nitrogens is 4. The number of aldehydes is 1. The molecule has 2 amide bonds. The summed E-state index contributed by atoms with van der Waals surface area (Å²) in [5.74, 6) is 0.834. The van der Waals surface area contributed by atoms with Gasteiger partial charge in [-0.2, -0.15) is 0 Å². The molecule has 0 radical (unpaired) electrons. The molecule has 1 aliphatic rings. The number of nitrogens with one attached hydrogen (secondary N) is 3. The van der Waals surface area contributed by atoms with Crippen LogP contribution in [0.3, 0.4) is 0 Å². The predicted octanol–water partition coefficient (Wildman–Crippen LogP) is 4.64. The summed E-state index contributed by atoms with van der Waals surface area (Å²) in [7, 11) is 8.27. The number of carbonyl (C=O) groups excluding carboxylic acids is 3. The first kappa shape index (κ1) is 35.6. The normalized spacial score (nSPS) is 11.9. The summed E-state index contributed by atoms with van der Waals surface area (Å²) in [6, 6.07) is 14.6. The smallest absolute Gasteiger partial charge is 0.273 e. The van der Waals surface area contributed by atoms with Gasteiger partial charge in [0, 0.05) is 82.4 Å². The third-order valence-electron chi connectivity index (χ3n) is 7.50. The maximum absolute atomic E-state index is 13.5. The zero-order valence-electron chi connectivity index (χ0n) is 27.6. The minimum absolute atomic E-state index is 0.129. The Morgan fingerprint density at radius 2 is 1.88 bits per heavy atom. The summed E-state index contributed by atoms with van der Waals surface area (Å²) < 4.78 is 13.5. The van der Waals surface area contributed by atoms with Crippen molar-refractivity contribution < 1.29 is 23.9 Å². The molecule has 13 nitrogen and oxygen atoms in total. The van der Waals surface area contributed by atoms with Crippen molar-refractivity contribution in [3.8, 4) is 16.9 Å². The molecule has 0 bridgehead atoms. The summed E-state index contributed by atoms with van der Waals surface area (Å²) in [6.45, 7) is 1.08. The fourth-order valence-electron chi connectivity index (χ4n) is 4.63. The van der Waals surface area contributed by atoms with Gasteiger partial charge >= 0.3 is 0 Å². The predicted molar refractivity (Wildman–Crippen MR) is 186 cm³/mol. The maximum Gasteiger partial charge on any atom is 0.273 e. The van der Waals surface area contributed by atoms with Gasteiger partial charge in [0.25, 0.3) is 11.8 Å². The van der Waals surface area contributed by atoms with E-state index in [-0.39, 0.29) is 23.2 Å². The number of rotatable bonds is 13. The molecule has 1 saturated carbocycles. The molecule has 0 spiro atoms. The number of aryl methyl sites for hydroxylation is 1. The molecule has 5 rings (SSSR count). The summed E-state index contributed by atoms with van der Waals surface area (Å²) >= 11 is 5.54. The number of anilines is 3. The van der Waals surface area contributed by atoms with Gasteiger partial charge in [-0.1, -0.05) is 36.5 Å². The Bertz CT molecular complexity index is 1790. The number of ether oxygens (including phenoxy) is 2. The van der Waals surface area contributed by atoms with Crippen LogP contribution < -0.4 is 20.7 Å². The maximum atomic E-state index is 13.5. The molecule has 252 valence electrons. The van der Waals surface area contributed by atoms with Gasteiger partial charge in [-0.05, 0) is 31.0 Å². The SMILES string of the molecule is CNC(=O)c1nnc(NC)cc1Nc1cccc(-c2ccc(C(=O)N(CCOC)Cc3cccn(C)c3=S)nc2)c1OC.O=CC1CC1. The molecular weight excluding hydrogens is 632 g/mol. The van der Waals surface area contributed by atoms with Gasteiger partial charge in [-0.25, -0.2) is 0 Å². The van der Waals surface area contributed by atoms with Crippen molar-refractivity contribution in [2.24, 2.45) is 13.0 Å². The van der Waals surface area contributed by atoms with E-state index in [4.69, 9.17) is 21.7 Å². The van der Waals surface area contributed by atoms with Gasteiger partial charge in [-0.15, -0.1) is 10.2 Å². The minimum atomic E-state index is -0.387. The quantitative estimate of drug-likeness (QED) is 0.135. The number of pyridine rings is 2. The molecule has 1 fully saturated rings. The van der Waals surface area contributed by atoms with E-state index in [1.807, 2.05) is 54.2 Å². The summed E-state index contributed by atoms with van der Waals surface area (Å²) in [4.78, 5) is 41.7. The topological polar surface area (TPSA) is 153 Å². The van der Waals surface area contributed by atoms with Gasteiger partial charge in [-0.3, -0.25) is 14.6 Å². The third-order valence-corrected chi connectivity index (χ3v) is 8.05. The highest BCUT2D eigenvalue weighted by Crippen LogP contribution is 2.38. The summed E-state index contributed by atoms with van der Waals surface area (Å²) in [5, 5.41) is 16.8. The summed E-state index contributed by atoms with van der Waals surface area (Å²) in [6.07, 6.45) is 6.82. The van der Waals surface area contributed by atoms with Crippen molar-refractivity contribution in [2.45, 2.75) is 19.4 Å². The molecule has 0 saturated heterocycles. The lowest BCUT2D eigenvalue weighted by Gasteiger charge is -2.22. The van der Waals surface area contributed by atoms with Crippen LogP contribution in [0.2, 0.25) is 0 Å². The van der Waals surface area contributed by atoms with Crippen LogP contribution in [0.5, 0.6) is 5.75 Å². The fourth-order valence-corrected chi connectivity index (χ4v) is 4.82. The number of hydrogen-bond acceptors (Lipinski definition) is 11. The number of benzene rings is 1. The van der Waals surface area contributed by atoms with Crippen molar-refractivity contribution in [3.05, 3.63) is 82.5 Å². The number of nitrogens with zero attached hydrogens (tertiary/aromatic N) is 5. The lowest BCUT2D eigenvalue weighted by atomic mass is 10.0. The van der Waals surface area contributed by atoms with Crippen LogP contribution >= 0.6 is 12.2 Å². The molecule has 0 atom stereocenters. The van der Waals surface area contributed by atoms with Crippen molar-refractivity contribution in [1.82, 2.24) is 30.0 Å². The molecule has 14 heteroatoms. The minimum Gasteiger partial charge on any atom is -0.494 e. The zero-order valence-corrected chi connectivity index (χ0v) is 28.5. The van der Waals surface area contributed by atoms with Crippen molar-refractivity contribution in [2.75, 3.05) is 52.1 Å². The lowest BCUT2D eigenvalue weighted by Crippen LogP contribution is -2.34. The molecule has 48 heavy (non-hydrogen) atoms. The van der Waals surface area contributed by atoms with Crippen LogP contribution in [0.25, 0.3) is 11.1 Å². The zero-order chi connectivity index (χ0) is 34.6. The van der Waals surface area contributed by atoms with Gasteiger partial charge < -0.3 is 39.7 Å². The molecule has 0 aliphatic heterocycles. The van der Waals surface area contributed by atoms with E-state index in [1.165, 1.54) is 7.05 Å². The van der Waals surface area contributed by atoms with Gasteiger partial charge in [0.05, 0.1) is 25.1 Å². The van der Waals surface area contributed by atoms with Gasteiger partial charge in [0.2, 0.25) is 0 Å². The van der Waals surface area contributed by atoms with E-state index in [1.54, 1.807) is 44.5 Å². The van der Waals surface area contributed by atoms with Crippen LogP contribution in [-0.4, -0.2) is 84.2 Å². The molecule has 1 aromatic carbocycles. The highest BCUT2D eigenvalue weighted by atomic mass is 32.1. The van der Waals surface area contributed by atoms with Crippen LogP contribution in [0.4, 0.5) is 17.2 Å². The van der Waals surface area contributed by atoms with Crippen molar-refractivity contribution >= 4 is 47.5 Å². The number of para-hydroxylation sites is 1. The van der Waals surface area contributed by atoms with Crippen LogP contribution in [-0.2, 0) is 23.1 Å². The third kappa shape index (κ3) is 8.98. The second kappa shape index (κ2) is 17.1. The van der Waals surface area contributed by atoms with E-state index in [0.29, 0.717) is 53.2 Å². The molecule has 3 aromatic heterocycles. The first-order valence-corrected chi connectivity index (χ1v) is 15.7. The highest BCUT2D eigenvalue weighted by molar-refractivity contribution is 7.71. The largest absolute Gasteiger partial charge is 0.494 e. The van der Waals surface area contributed by atoms with Gasteiger partial charge in [0.1, 0.15) is 22.4 Å². The van der Waals surface area contributed by atoms with E-state index in [2.05, 4.69) is 31.1 Å². The van der Waals surface area contributed by atoms with E-state index < -0.39 is 0 Å². The fraction of sp³-hybridized carbons (Fsp3) is 0.324. The Morgan fingerprint density at radius 3 is 2.48 bits per heavy atom. The Morgan fingerprint density at radius 1 is 1.08 bits per heavy atom. The number of amides is 2. The summed E-state index contributed by atoms with van der Waals surface area (Å²) in [5.41, 5.74) is 3.79. The molecule has 0 unspecified atom stereocenters. The van der Waals surface area contributed by atoms with Crippen LogP contribution in [0, 0.1) is 10.6 Å². The first-order chi connectivity index (χ1) is 23.2. The Labute approximate surface area is 284 Å². The Kier molecular flexibility index (Phi) is 12.7. The average molecular weight is 673 g/mol. The Balaban J connectivity index is 0.000000950. The molecule has 3 N–H and O–H groups in total. The number of hydrogen-bond donors (Lipinski definition) is 3. The monoisotopic (exact) mass is 672 g/mol. The number of methoxy groups -OCH3 is 2. The molecule has 4 aromatic rings. The van der Waals surface area contributed by atoms with E-state index in [0.717, 1.165) is 35.8 Å². The van der Waals surface area contributed by atoms with E-state index >= 15 is 0 Å². The second-order valence-electron chi connectivity index (χ2n) is 10.9. The second-order valence-corrected chi connectivity index (χ2v) is 11.3. The van der Waals surface area contributed by atoms with Crippen LogP contribution in [0.1, 0.15) is 39.4 Å². The Hall–Kier alpha value is -5.21. The lowest BCUT2D eigenvalue weighted by molar-refractivity contribution is -0.108. The molecule has 1 aliphatic carbocycles. The van der Waals surface area contributed by atoms with Crippen LogP contribution in [0.15, 0.2) is 60.9 Å². The standard InChI is InChI=1S/C30H34N8O4S.C4H6O/c1-31-25-16-24(26(36-35-25)28(39)32-2)34-22-10-6-9-21(27(22)42-5)19-11-12-23(33-17-19)29(40)38(14-15-41-4)18-20-8-7-13-37(3)30(20)43;5-3-4-1-2-4/h6-13,16-17H,14-15,18H2,1-5H3,(H,32,39)(H2,31,34,35);3-4H,1-2H2. The number of carbonyl (C=O) groups is 3. The average Bonchev–Trinajstić information content (AvgIpc) is 3.96. The van der Waals surface area contributed by atoms with E-state index in [9.17, 15) is 14.4 Å². The first-order valence-electron chi connectivity index (χ1n) is 15.3. The van der Waals surface area contributed by atoms with Crippen molar-refractivity contribution in [1.29, 1.82) is 0 Å². The highest BCUT2D eigenvalue weighted by Gasteiger charge is 2.21. The van der Waals surface area contributed by atoms with Crippen molar-refractivity contribution in [3.63, 3.8) is 0 Å². The molecular formula is C34H40N8O5S.